The van der Waals surface area contributed by atoms with Crippen LogP contribution in [0.2, 0.25) is 0 Å². The minimum absolute atomic E-state index is 0.811. The molecule has 2 aliphatic rings. The number of hydrogen-bond donors (Lipinski definition) is 0. The summed E-state index contributed by atoms with van der Waals surface area (Å²) in [6.07, 6.45) is 2.03. The highest BCUT2D eigenvalue weighted by Crippen LogP contribution is 2.41. The maximum Gasteiger partial charge on any atom is 0.137 e. The van der Waals surface area contributed by atoms with Gasteiger partial charge >= 0.3 is 0 Å². The Balaban J connectivity index is 1.15. The van der Waals surface area contributed by atoms with Crippen LogP contribution in [0.1, 0.15) is 33.4 Å². The lowest BCUT2D eigenvalue weighted by Crippen LogP contribution is -2.22. The van der Waals surface area contributed by atoms with E-state index >= 15 is 0 Å². The van der Waals surface area contributed by atoms with Crippen LogP contribution in [0.4, 0.5) is 5.69 Å². The molecule has 0 atom stereocenters. The van der Waals surface area contributed by atoms with E-state index in [1.807, 2.05) is 6.07 Å². The third kappa shape index (κ3) is 3.72. The first kappa shape index (κ1) is 23.6. The van der Waals surface area contributed by atoms with Gasteiger partial charge in [-0.2, -0.15) is 0 Å². The van der Waals surface area contributed by atoms with Crippen LogP contribution in [0, 0.1) is 0 Å². The molecule has 7 aromatic rings. The van der Waals surface area contributed by atoms with E-state index in [1.54, 1.807) is 0 Å². The first-order valence-corrected chi connectivity index (χ1v) is 14.8. The highest BCUT2D eigenvalue weighted by molar-refractivity contribution is 6.11. The standard InChI is InChI=1S/C40H29NO/c1-3-10-32-29(9-1)23-31-20-26(17-19-34(31)32)24-41(37-13-7-15-39-40(37)35-12-5-6-14-38(35)42-39)25-27-16-18-30-22-28-8-2-4-11-33(28)36(30)21-27/h1-21H,22-25H2. The summed E-state index contributed by atoms with van der Waals surface area (Å²) in [4.78, 5) is 2.54. The summed E-state index contributed by atoms with van der Waals surface area (Å²) in [6, 6.07) is 46.7. The summed E-state index contributed by atoms with van der Waals surface area (Å²) in [5, 5.41) is 2.36. The summed E-state index contributed by atoms with van der Waals surface area (Å²) in [6.45, 7) is 1.63. The topological polar surface area (TPSA) is 16.4 Å². The second-order valence-electron chi connectivity index (χ2n) is 11.8. The van der Waals surface area contributed by atoms with Gasteiger partial charge in [0.1, 0.15) is 11.2 Å². The summed E-state index contributed by atoms with van der Waals surface area (Å²) in [5.74, 6) is 0. The molecule has 0 unspecified atom stereocenters. The predicted octanol–water partition coefficient (Wildman–Crippen LogP) is 9.94. The van der Waals surface area contributed by atoms with E-state index in [-0.39, 0.29) is 0 Å². The Morgan fingerprint density at radius 2 is 1.10 bits per heavy atom. The van der Waals surface area contributed by atoms with Crippen LogP contribution in [0.5, 0.6) is 0 Å². The van der Waals surface area contributed by atoms with Gasteiger partial charge in [-0.3, -0.25) is 0 Å². The van der Waals surface area contributed by atoms with E-state index in [2.05, 4.69) is 126 Å². The molecule has 0 fully saturated rings. The van der Waals surface area contributed by atoms with Crippen molar-refractivity contribution < 1.29 is 4.42 Å². The van der Waals surface area contributed by atoms with Crippen LogP contribution in [0.3, 0.4) is 0 Å². The second kappa shape index (κ2) is 9.22. The predicted molar refractivity (Wildman–Crippen MR) is 173 cm³/mol. The summed E-state index contributed by atoms with van der Waals surface area (Å²) >= 11 is 0. The number of para-hydroxylation sites is 1. The summed E-state index contributed by atoms with van der Waals surface area (Å²) < 4.78 is 6.31. The van der Waals surface area contributed by atoms with E-state index in [0.717, 1.165) is 37.1 Å². The van der Waals surface area contributed by atoms with Gasteiger partial charge in [0.05, 0.1) is 5.39 Å². The van der Waals surface area contributed by atoms with Gasteiger partial charge in [0.2, 0.25) is 0 Å². The van der Waals surface area contributed by atoms with Gasteiger partial charge < -0.3 is 9.32 Å². The van der Waals surface area contributed by atoms with Crippen molar-refractivity contribution in [1.29, 1.82) is 0 Å². The van der Waals surface area contributed by atoms with Crippen molar-refractivity contribution in [3.05, 3.63) is 161 Å². The molecule has 9 rings (SSSR count). The fourth-order valence-electron chi connectivity index (χ4n) is 7.25. The van der Waals surface area contributed by atoms with Crippen molar-refractivity contribution in [1.82, 2.24) is 0 Å². The molecule has 42 heavy (non-hydrogen) atoms. The Bertz CT molecular complexity index is 2170. The van der Waals surface area contributed by atoms with E-state index in [9.17, 15) is 0 Å². The second-order valence-corrected chi connectivity index (χ2v) is 11.8. The molecule has 0 spiro atoms. The molecule has 0 aliphatic heterocycles. The molecule has 1 heterocycles. The number of rotatable bonds is 5. The van der Waals surface area contributed by atoms with Gasteiger partial charge in [-0.1, -0.05) is 103 Å². The number of furan rings is 1. The zero-order chi connectivity index (χ0) is 27.6. The molecule has 6 aromatic carbocycles. The SMILES string of the molecule is c1ccc2c(c1)Cc1cc(CN(Cc3ccc4c(c3)-c3ccccc3C4)c3cccc4oc5ccccc5c34)ccc1-2. The van der Waals surface area contributed by atoms with Crippen LogP contribution in [0.15, 0.2) is 132 Å². The van der Waals surface area contributed by atoms with Crippen molar-refractivity contribution in [2.45, 2.75) is 25.9 Å². The van der Waals surface area contributed by atoms with Crippen molar-refractivity contribution in [3.8, 4) is 22.3 Å². The van der Waals surface area contributed by atoms with Gasteiger partial charge in [0, 0.05) is 24.2 Å². The number of benzene rings is 6. The molecule has 1 aromatic heterocycles. The smallest absolute Gasteiger partial charge is 0.137 e. The highest BCUT2D eigenvalue weighted by Gasteiger charge is 2.22. The van der Waals surface area contributed by atoms with Crippen LogP contribution < -0.4 is 4.90 Å². The number of hydrogen-bond acceptors (Lipinski definition) is 2. The molecule has 0 radical (unpaired) electrons. The van der Waals surface area contributed by atoms with Crippen LogP contribution in [-0.4, -0.2) is 0 Å². The average Bonchev–Trinajstić information content (AvgIpc) is 3.71. The zero-order valence-electron chi connectivity index (χ0n) is 23.3. The molecule has 2 nitrogen and oxygen atoms in total. The average molecular weight is 540 g/mol. The van der Waals surface area contributed by atoms with Crippen molar-refractivity contribution in [3.63, 3.8) is 0 Å². The molecule has 2 heteroatoms. The fourth-order valence-corrected chi connectivity index (χ4v) is 7.25. The van der Waals surface area contributed by atoms with Gasteiger partial charge in [-0.15, -0.1) is 0 Å². The maximum absolute atomic E-state index is 6.31. The molecule has 2 aliphatic carbocycles. The van der Waals surface area contributed by atoms with E-state index < -0.39 is 0 Å². The Hall–Kier alpha value is -5.08. The van der Waals surface area contributed by atoms with Gasteiger partial charge in [-0.05, 0) is 92.7 Å². The Morgan fingerprint density at radius 1 is 0.476 bits per heavy atom. The van der Waals surface area contributed by atoms with Gasteiger partial charge in [0.25, 0.3) is 0 Å². The summed E-state index contributed by atoms with van der Waals surface area (Å²) in [7, 11) is 0. The van der Waals surface area contributed by atoms with Crippen molar-refractivity contribution >= 4 is 27.6 Å². The Morgan fingerprint density at radius 3 is 1.95 bits per heavy atom. The third-order valence-corrected chi connectivity index (χ3v) is 9.19. The first-order valence-electron chi connectivity index (χ1n) is 14.8. The Kier molecular flexibility index (Phi) is 5.18. The number of anilines is 1. The lowest BCUT2D eigenvalue weighted by Gasteiger charge is -2.27. The minimum Gasteiger partial charge on any atom is -0.456 e. The molecule has 0 N–H and O–H groups in total. The lowest BCUT2D eigenvalue weighted by molar-refractivity contribution is 0.668. The highest BCUT2D eigenvalue weighted by atomic mass is 16.3. The normalized spacial score (nSPS) is 12.8. The molecular formula is C40H29NO. The van der Waals surface area contributed by atoms with Crippen molar-refractivity contribution in [2.75, 3.05) is 4.90 Å². The third-order valence-electron chi connectivity index (χ3n) is 9.19. The Labute approximate surface area is 245 Å². The van der Waals surface area contributed by atoms with Crippen molar-refractivity contribution in [2.24, 2.45) is 0 Å². The quantitative estimate of drug-likeness (QED) is 0.216. The van der Waals surface area contributed by atoms with Crippen LogP contribution in [-0.2, 0) is 25.9 Å². The number of nitrogens with zero attached hydrogens (tertiary/aromatic N) is 1. The molecule has 0 bridgehead atoms. The molecule has 0 amide bonds. The van der Waals surface area contributed by atoms with Crippen LogP contribution >= 0.6 is 0 Å². The van der Waals surface area contributed by atoms with Gasteiger partial charge in [0.15, 0.2) is 0 Å². The minimum atomic E-state index is 0.811. The molecule has 200 valence electrons. The largest absolute Gasteiger partial charge is 0.456 e. The lowest BCUT2D eigenvalue weighted by atomic mass is 10.0. The monoisotopic (exact) mass is 539 g/mol. The molecule has 0 saturated carbocycles. The molecular weight excluding hydrogens is 510 g/mol. The van der Waals surface area contributed by atoms with E-state index in [1.165, 1.54) is 72.1 Å². The number of fused-ring (bicyclic) bond motifs is 9. The summed E-state index contributed by atoms with van der Waals surface area (Å²) in [5.41, 5.74) is 16.9. The first-order chi connectivity index (χ1) is 20.8. The van der Waals surface area contributed by atoms with E-state index in [0.29, 0.717) is 0 Å². The maximum atomic E-state index is 6.31. The van der Waals surface area contributed by atoms with Gasteiger partial charge in [-0.25, -0.2) is 0 Å². The fraction of sp³-hybridized carbons (Fsp3) is 0.100. The van der Waals surface area contributed by atoms with Crippen LogP contribution in [0.25, 0.3) is 44.2 Å². The molecule has 0 saturated heterocycles. The zero-order valence-corrected chi connectivity index (χ0v) is 23.3. The van der Waals surface area contributed by atoms with E-state index in [4.69, 9.17) is 4.42 Å².